The molecule has 12 heteroatoms. The Labute approximate surface area is 224 Å². The minimum atomic E-state index is -0.507. The Morgan fingerprint density at radius 3 is 2.57 bits per heavy atom. The topological polar surface area (TPSA) is 132 Å². The number of rotatable bonds is 11. The van der Waals surface area contributed by atoms with Gasteiger partial charge in [0.05, 0.1) is 33.0 Å². The van der Waals surface area contributed by atoms with Gasteiger partial charge >= 0.3 is 0 Å². The van der Waals surface area contributed by atoms with Crippen LogP contribution in [0.15, 0.2) is 47.6 Å². The number of halogens is 1. The number of nitrogens with zero attached hydrogens (tertiary/aromatic N) is 4. The number of nitrogens with one attached hydrogen (secondary N) is 2. The van der Waals surface area contributed by atoms with E-state index < -0.39 is 11.0 Å². The van der Waals surface area contributed by atoms with Gasteiger partial charge in [-0.15, -0.1) is 10.2 Å². The number of aryl methyl sites for hydroxylation is 1. The summed E-state index contributed by atoms with van der Waals surface area (Å²) < 4.78 is 1.87. The maximum Gasteiger partial charge on any atom is 0.271 e. The van der Waals surface area contributed by atoms with E-state index in [1.54, 1.807) is 37.3 Å². The molecule has 2 N–H and O–H groups in total. The van der Waals surface area contributed by atoms with E-state index in [1.807, 2.05) is 11.5 Å². The first-order valence-electron chi connectivity index (χ1n) is 11.8. The molecule has 2 aromatic carbocycles. The summed E-state index contributed by atoms with van der Waals surface area (Å²) in [6.07, 6.45) is 0.630. The number of thioether (sulfide) groups is 1. The average molecular weight is 545 g/mol. The molecule has 37 heavy (non-hydrogen) atoms. The standard InChI is InChI=1S/C25H29ClN6O4S/c1-5-31-23(21(12-15(2)3)28-24(34)18-8-6-7-9-19(18)26)29-30-25(31)37-14-22(33)27-20-13-17(32(35)36)11-10-16(20)4/h6-11,13,15,21H,5,12,14H2,1-4H3,(H,27,33)(H,28,34)/t21-/m1/s1. The molecule has 2 amide bonds. The highest BCUT2D eigenvalue weighted by atomic mass is 35.5. The number of nitro groups is 1. The van der Waals surface area contributed by atoms with Crippen LogP contribution in [0.2, 0.25) is 5.02 Å². The largest absolute Gasteiger partial charge is 0.342 e. The zero-order chi connectivity index (χ0) is 27.1. The van der Waals surface area contributed by atoms with Crippen molar-refractivity contribution in [3.8, 4) is 0 Å². The van der Waals surface area contributed by atoms with Gasteiger partial charge in [0.2, 0.25) is 5.91 Å². The third-order valence-electron chi connectivity index (χ3n) is 5.54. The van der Waals surface area contributed by atoms with E-state index in [9.17, 15) is 19.7 Å². The molecule has 1 heterocycles. The quantitative estimate of drug-likeness (QED) is 0.187. The Morgan fingerprint density at radius 1 is 1.19 bits per heavy atom. The van der Waals surface area contributed by atoms with Crippen molar-refractivity contribution in [1.82, 2.24) is 20.1 Å². The van der Waals surface area contributed by atoms with Crippen LogP contribution in [0.5, 0.6) is 0 Å². The minimum Gasteiger partial charge on any atom is -0.342 e. The molecule has 0 saturated carbocycles. The van der Waals surface area contributed by atoms with Crippen molar-refractivity contribution in [3.05, 3.63) is 74.6 Å². The number of hydrogen-bond acceptors (Lipinski definition) is 7. The second kappa shape index (κ2) is 12.7. The smallest absolute Gasteiger partial charge is 0.271 e. The Kier molecular flexibility index (Phi) is 9.65. The lowest BCUT2D eigenvalue weighted by molar-refractivity contribution is -0.384. The van der Waals surface area contributed by atoms with Crippen LogP contribution in [-0.2, 0) is 11.3 Å². The second-order valence-corrected chi connectivity index (χ2v) is 10.2. The molecule has 0 fully saturated rings. The van der Waals surface area contributed by atoms with Crippen LogP contribution in [0.25, 0.3) is 0 Å². The van der Waals surface area contributed by atoms with Gasteiger partial charge in [-0.2, -0.15) is 0 Å². The Bertz CT molecular complexity index is 1300. The van der Waals surface area contributed by atoms with Crippen molar-refractivity contribution in [2.45, 2.75) is 51.9 Å². The lowest BCUT2D eigenvalue weighted by Crippen LogP contribution is -2.31. The van der Waals surface area contributed by atoms with Crippen molar-refractivity contribution < 1.29 is 14.5 Å². The molecule has 0 aliphatic heterocycles. The summed E-state index contributed by atoms with van der Waals surface area (Å²) in [5.74, 6) is 0.253. The molecule has 0 unspecified atom stereocenters. The van der Waals surface area contributed by atoms with Crippen LogP contribution in [0.3, 0.4) is 0 Å². The second-order valence-electron chi connectivity index (χ2n) is 8.81. The van der Waals surface area contributed by atoms with Gasteiger partial charge in [-0.05, 0) is 43.9 Å². The molecule has 1 aromatic heterocycles. The van der Waals surface area contributed by atoms with Gasteiger partial charge < -0.3 is 15.2 Å². The van der Waals surface area contributed by atoms with Gasteiger partial charge in [0.15, 0.2) is 11.0 Å². The van der Waals surface area contributed by atoms with Gasteiger partial charge in [0, 0.05) is 18.7 Å². The van der Waals surface area contributed by atoms with E-state index in [0.29, 0.717) is 45.8 Å². The Balaban J connectivity index is 1.75. The molecule has 0 aliphatic carbocycles. The highest BCUT2D eigenvalue weighted by Crippen LogP contribution is 2.27. The van der Waals surface area contributed by atoms with Crippen molar-refractivity contribution in [2.24, 2.45) is 5.92 Å². The number of benzene rings is 2. The summed E-state index contributed by atoms with van der Waals surface area (Å²) in [4.78, 5) is 36.1. The summed E-state index contributed by atoms with van der Waals surface area (Å²) in [7, 11) is 0. The Hall–Kier alpha value is -3.44. The van der Waals surface area contributed by atoms with E-state index in [1.165, 1.54) is 23.9 Å². The van der Waals surface area contributed by atoms with E-state index in [-0.39, 0.29) is 29.2 Å². The predicted octanol–water partition coefficient (Wildman–Crippen LogP) is 5.42. The van der Waals surface area contributed by atoms with E-state index in [0.717, 1.165) is 0 Å². The highest BCUT2D eigenvalue weighted by molar-refractivity contribution is 7.99. The normalized spacial score (nSPS) is 11.8. The number of aromatic nitrogens is 3. The number of nitro benzene ring substituents is 1. The van der Waals surface area contributed by atoms with Crippen LogP contribution >= 0.6 is 23.4 Å². The van der Waals surface area contributed by atoms with Gasteiger partial charge in [0.1, 0.15) is 0 Å². The fourth-order valence-electron chi connectivity index (χ4n) is 3.72. The number of amides is 2. The maximum atomic E-state index is 13.0. The van der Waals surface area contributed by atoms with Gasteiger partial charge in [-0.25, -0.2) is 0 Å². The van der Waals surface area contributed by atoms with E-state index >= 15 is 0 Å². The maximum absolute atomic E-state index is 13.0. The molecular weight excluding hydrogens is 516 g/mol. The first kappa shape index (κ1) is 28.1. The number of hydrogen-bond donors (Lipinski definition) is 2. The molecule has 0 bridgehead atoms. The average Bonchev–Trinajstić information content (AvgIpc) is 3.26. The van der Waals surface area contributed by atoms with Crippen LogP contribution in [0, 0.1) is 23.0 Å². The van der Waals surface area contributed by atoms with Gasteiger partial charge in [0.25, 0.3) is 11.6 Å². The number of carbonyl (C=O) groups excluding carboxylic acids is 2. The summed E-state index contributed by atoms with van der Waals surface area (Å²) >= 11 is 7.41. The molecule has 0 radical (unpaired) electrons. The monoisotopic (exact) mass is 544 g/mol. The zero-order valence-corrected chi connectivity index (χ0v) is 22.6. The Morgan fingerprint density at radius 2 is 1.92 bits per heavy atom. The van der Waals surface area contributed by atoms with Crippen LogP contribution in [-0.4, -0.2) is 37.3 Å². The van der Waals surface area contributed by atoms with E-state index in [4.69, 9.17) is 11.6 Å². The lowest BCUT2D eigenvalue weighted by Gasteiger charge is -2.21. The predicted molar refractivity (Wildman–Crippen MR) is 144 cm³/mol. The molecule has 0 saturated heterocycles. The molecule has 1 atom stereocenters. The summed E-state index contributed by atoms with van der Waals surface area (Å²) in [5, 5.41) is 26.3. The lowest BCUT2D eigenvalue weighted by atomic mass is 10.0. The van der Waals surface area contributed by atoms with Gasteiger partial charge in [-0.1, -0.05) is 55.4 Å². The molecule has 3 aromatic rings. The molecule has 196 valence electrons. The highest BCUT2D eigenvalue weighted by Gasteiger charge is 2.25. The fourth-order valence-corrected chi connectivity index (χ4v) is 4.75. The number of carbonyl (C=O) groups is 2. The summed E-state index contributed by atoms with van der Waals surface area (Å²) in [5.41, 5.74) is 1.38. The van der Waals surface area contributed by atoms with Crippen molar-refractivity contribution in [1.29, 1.82) is 0 Å². The molecular formula is C25H29ClN6O4S. The summed E-state index contributed by atoms with van der Waals surface area (Å²) in [6.45, 7) is 8.34. The number of anilines is 1. The van der Waals surface area contributed by atoms with E-state index in [2.05, 4.69) is 34.7 Å². The van der Waals surface area contributed by atoms with Crippen LogP contribution in [0.1, 0.15) is 55.0 Å². The first-order chi connectivity index (χ1) is 17.6. The first-order valence-corrected chi connectivity index (χ1v) is 13.1. The third kappa shape index (κ3) is 7.30. The SMILES string of the molecule is CCn1c(SCC(=O)Nc2cc([N+](=O)[O-])ccc2C)nnc1[C@@H](CC(C)C)NC(=O)c1ccccc1Cl. The van der Waals surface area contributed by atoms with Crippen molar-refractivity contribution in [2.75, 3.05) is 11.1 Å². The fraction of sp³-hybridized carbons (Fsp3) is 0.360. The van der Waals surface area contributed by atoms with Crippen LogP contribution < -0.4 is 10.6 Å². The van der Waals surface area contributed by atoms with Crippen molar-refractivity contribution in [3.63, 3.8) is 0 Å². The molecule has 0 aliphatic rings. The van der Waals surface area contributed by atoms with Crippen LogP contribution in [0.4, 0.5) is 11.4 Å². The summed E-state index contributed by atoms with van der Waals surface area (Å²) in [6, 6.07) is 10.8. The number of non-ortho nitro benzene ring substituents is 1. The molecule has 10 nitrogen and oxygen atoms in total. The van der Waals surface area contributed by atoms with Crippen molar-refractivity contribution >= 4 is 46.6 Å². The molecule has 3 rings (SSSR count). The third-order valence-corrected chi connectivity index (χ3v) is 6.84. The minimum absolute atomic E-state index is 0.0289. The zero-order valence-electron chi connectivity index (χ0n) is 21.0. The molecule has 0 spiro atoms. The van der Waals surface area contributed by atoms with Gasteiger partial charge in [-0.3, -0.25) is 19.7 Å².